The molecule has 0 bridgehead atoms. The molecule has 308 valence electrons. The third-order valence-corrected chi connectivity index (χ3v) is 13.6. The zero-order chi connectivity index (χ0) is 43.5. The molecule has 65 heavy (non-hydrogen) atoms. The lowest BCUT2D eigenvalue weighted by atomic mass is 9.82. The highest BCUT2D eigenvalue weighted by Gasteiger charge is 2.37. The molecule has 1 aliphatic carbocycles. The van der Waals surface area contributed by atoms with Crippen LogP contribution in [0.5, 0.6) is 0 Å². The van der Waals surface area contributed by atoms with Crippen LogP contribution in [0.4, 0.5) is 34.1 Å². The number of hydrogen-bond donors (Lipinski definition) is 0. The van der Waals surface area contributed by atoms with Crippen molar-refractivity contribution in [3.8, 4) is 33.4 Å². The van der Waals surface area contributed by atoms with Gasteiger partial charge in [0.2, 0.25) is 0 Å². The molecule has 0 saturated carbocycles. The first-order valence-electron chi connectivity index (χ1n) is 22.6. The van der Waals surface area contributed by atoms with Gasteiger partial charge in [0.05, 0.1) is 11.4 Å². The fourth-order valence-corrected chi connectivity index (χ4v) is 10.4. The minimum atomic E-state index is -0.275. The van der Waals surface area contributed by atoms with Gasteiger partial charge in [-0.05, 0) is 133 Å². The van der Waals surface area contributed by atoms with Gasteiger partial charge in [-0.3, -0.25) is 0 Å². The predicted octanol–water partition coefficient (Wildman–Crippen LogP) is 17.7. The summed E-state index contributed by atoms with van der Waals surface area (Å²) in [6.45, 7) is 4.79. The third kappa shape index (κ3) is 6.57. The molecule has 2 nitrogen and oxygen atoms in total. The monoisotopic (exact) mass is 830 g/mol. The van der Waals surface area contributed by atoms with E-state index in [0.29, 0.717) is 0 Å². The largest absolute Gasteiger partial charge is 0.310 e. The molecule has 2 heteroatoms. The molecule has 1 aliphatic rings. The summed E-state index contributed by atoms with van der Waals surface area (Å²) in [6.07, 6.45) is 0. The van der Waals surface area contributed by atoms with E-state index in [1.54, 1.807) is 0 Å². The Morgan fingerprint density at radius 2 is 0.738 bits per heavy atom. The van der Waals surface area contributed by atoms with Crippen LogP contribution in [0.2, 0.25) is 0 Å². The average Bonchev–Trinajstić information content (AvgIpc) is 3.59. The Labute approximate surface area is 380 Å². The number of benzene rings is 11. The van der Waals surface area contributed by atoms with Crippen molar-refractivity contribution in [3.63, 3.8) is 0 Å². The molecule has 0 saturated heterocycles. The van der Waals surface area contributed by atoms with Crippen LogP contribution in [0.1, 0.15) is 25.0 Å². The second-order valence-corrected chi connectivity index (χ2v) is 17.7. The normalized spacial score (nSPS) is 12.6. The van der Waals surface area contributed by atoms with Crippen LogP contribution < -0.4 is 9.80 Å². The van der Waals surface area contributed by atoms with Crippen molar-refractivity contribution in [2.75, 3.05) is 9.80 Å². The molecule has 11 aromatic rings. The zero-order valence-electron chi connectivity index (χ0n) is 36.5. The molecule has 0 N–H and O–H groups in total. The highest BCUT2D eigenvalue weighted by molar-refractivity contribution is 6.14. The molecule has 0 radical (unpaired) electrons. The van der Waals surface area contributed by atoms with Crippen LogP contribution in [0, 0.1) is 0 Å². The van der Waals surface area contributed by atoms with Gasteiger partial charge < -0.3 is 9.80 Å². The molecule has 11 aromatic carbocycles. The van der Waals surface area contributed by atoms with E-state index in [2.05, 4.69) is 266 Å². The summed E-state index contributed by atoms with van der Waals surface area (Å²) in [6, 6.07) is 88.9. The van der Waals surface area contributed by atoms with Gasteiger partial charge in [-0.15, -0.1) is 0 Å². The first kappa shape index (κ1) is 38.5. The van der Waals surface area contributed by atoms with Crippen molar-refractivity contribution in [2.45, 2.75) is 19.3 Å². The quantitative estimate of drug-likeness (QED) is 0.141. The Bertz CT molecular complexity index is 3570. The van der Waals surface area contributed by atoms with Gasteiger partial charge >= 0.3 is 0 Å². The molecule has 0 fully saturated rings. The van der Waals surface area contributed by atoms with Crippen molar-refractivity contribution in [2.24, 2.45) is 0 Å². The van der Waals surface area contributed by atoms with Crippen molar-refractivity contribution in [1.82, 2.24) is 0 Å². The standard InChI is InChI=1S/C63H46N2/c1-63(2)59-41-51(64(49-24-7-4-8-25-49)61-30-16-21-45-19-9-12-27-54(45)61)35-37-56(59)57-38-36-52(42-60(57)63)65(62-40-48-20-10-11-26-53(48)55-28-13-14-29-58(55)62)50-33-31-44(32-34-50)47-23-15-22-46(39-47)43-17-5-3-6-18-43/h3-42H,1-2H3. The van der Waals surface area contributed by atoms with Gasteiger partial charge in [-0.2, -0.15) is 0 Å². The molecule has 0 spiro atoms. The van der Waals surface area contributed by atoms with Crippen LogP contribution in [0.25, 0.3) is 65.7 Å². The molecule has 0 aliphatic heterocycles. The third-order valence-electron chi connectivity index (χ3n) is 13.6. The van der Waals surface area contributed by atoms with Crippen molar-refractivity contribution < 1.29 is 0 Å². The first-order valence-corrected chi connectivity index (χ1v) is 22.6. The Morgan fingerprint density at radius 1 is 0.277 bits per heavy atom. The van der Waals surface area contributed by atoms with Crippen LogP contribution >= 0.6 is 0 Å². The number of para-hydroxylation sites is 1. The maximum absolute atomic E-state index is 2.47. The fourth-order valence-electron chi connectivity index (χ4n) is 10.4. The van der Waals surface area contributed by atoms with E-state index in [1.165, 1.54) is 76.8 Å². The van der Waals surface area contributed by atoms with Crippen LogP contribution in [-0.2, 0) is 5.41 Å². The van der Waals surface area contributed by atoms with E-state index in [9.17, 15) is 0 Å². The maximum atomic E-state index is 2.47. The Morgan fingerprint density at radius 3 is 1.42 bits per heavy atom. The Kier molecular flexibility index (Phi) is 9.21. The highest BCUT2D eigenvalue weighted by Crippen LogP contribution is 2.53. The number of fused-ring (bicyclic) bond motifs is 7. The van der Waals surface area contributed by atoms with Gasteiger partial charge in [0.1, 0.15) is 0 Å². The van der Waals surface area contributed by atoms with E-state index in [4.69, 9.17) is 0 Å². The van der Waals surface area contributed by atoms with E-state index in [-0.39, 0.29) is 5.41 Å². The van der Waals surface area contributed by atoms with Crippen molar-refractivity contribution >= 4 is 66.4 Å². The fraction of sp³-hybridized carbons (Fsp3) is 0.0476. The van der Waals surface area contributed by atoms with Crippen molar-refractivity contribution in [3.05, 3.63) is 254 Å². The number of nitrogens with zero attached hydrogens (tertiary/aromatic N) is 2. The van der Waals surface area contributed by atoms with E-state index in [1.807, 2.05) is 0 Å². The SMILES string of the molecule is CC1(C)c2cc(N(c3ccccc3)c3cccc4ccccc34)ccc2-c2ccc(N(c3ccc(-c4cccc(-c5ccccc5)c4)cc3)c3cc4ccccc4c4ccccc34)cc21. The molecular formula is C63H46N2. The molecule has 0 heterocycles. The lowest BCUT2D eigenvalue weighted by Gasteiger charge is -2.30. The van der Waals surface area contributed by atoms with Crippen LogP contribution in [-0.4, -0.2) is 0 Å². The van der Waals surface area contributed by atoms with Gasteiger partial charge in [0.25, 0.3) is 0 Å². The number of hydrogen-bond acceptors (Lipinski definition) is 2. The van der Waals surface area contributed by atoms with Crippen LogP contribution in [0.3, 0.4) is 0 Å². The summed E-state index contributed by atoms with van der Waals surface area (Å²) in [4.78, 5) is 4.89. The topological polar surface area (TPSA) is 6.48 Å². The van der Waals surface area contributed by atoms with Gasteiger partial charge in [0.15, 0.2) is 0 Å². The Hall–Kier alpha value is -8.20. The van der Waals surface area contributed by atoms with Gasteiger partial charge in [-0.1, -0.05) is 190 Å². The molecule has 0 unspecified atom stereocenters. The molecule has 0 amide bonds. The minimum Gasteiger partial charge on any atom is -0.310 e. The number of rotatable bonds is 8. The summed E-state index contributed by atoms with van der Waals surface area (Å²) >= 11 is 0. The van der Waals surface area contributed by atoms with E-state index < -0.39 is 0 Å². The molecular weight excluding hydrogens is 785 g/mol. The molecule has 0 aromatic heterocycles. The molecule has 12 rings (SSSR count). The molecule has 0 atom stereocenters. The average molecular weight is 831 g/mol. The summed E-state index contributed by atoms with van der Waals surface area (Å²) in [5.41, 5.74) is 16.6. The Balaban J connectivity index is 0.992. The van der Waals surface area contributed by atoms with Crippen molar-refractivity contribution in [1.29, 1.82) is 0 Å². The maximum Gasteiger partial charge on any atom is 0.0546 e. The van der Waals surface area contributed by atoms with E-state index >= 15 is 0 Å². The second-order valence-electron chi connectivity index (χ2n) is 17.7. The van der Waals surface area contributed by atoms with Gasteiger partial charge in [-0.25, -0.2) is 0 Å². The first-order chi connectivity index (χ1) is 32.0. The predicted molar refractivity (Wildman–Crippen MR) is 277 cm³/mol. The number of anilines is 6. The summed E-state index contributed by atoms with van der Waals surface area (Å²) in [5, 5.41) is 7.39. The second kappa shape index (κ2) is 15.6. The lowest BCUT2D eigenvalue weighted by Crippen LogP contribution is -2.18. The summed E-state index contributed by atoms with van der Waals surface area (Å²) in [5.74, 6) is 0. The van der Waals surface area contributed by atoms with E-state index in [0.717, 1.165) is 34.1 Å². The zero-order valence-corrected chi connectivity index (χ0v) is 36.5. The summed E-state index contributed by atoms with van der Waals surface area (Å²) < 4.78 is 0. The lowest BCUT2D eigenvalue weighted by molar-refractivity contribution is 0.660. The summed E-state index contributed by atoms with van der Waals surface area (Å²) in [7, 11) is 0. The minimum absolute atomic E-state index is 0.275. The van der Waals surface area contributed by atoms with Gasteiger partial charge in [0, 0.05) is 38.9 Å². The highest BCUT2D eigenvalue weighted by atomic mass is 15.1. The smallest absolute Gasteiger partial charge is 0.0546 e. The van der Waals surface area contributed by atoms with Crippen LogP contribution in [0.15, 0.2) is 243 Å².